The summed E-state index contributed by atoms with van der Waals surface area (Å²) in [5.74, 6) is 0.211. The fourth-order valence-electron chi connectivity index (χ4n) is 2.12. The Morgan fingerprint density at radius 1 is 1.15 bits per heavy atom. The minimum atomic E-state index is -0.556. The molecule has 20 heavy (non-hydrogen) atoms. The first-order valence-electron chi connectivity index (χ1n) is 6.96. The van der Waals surface area contributed by atoms with Crippen LogP contribution in [0.3, 0.4) is 0 Å². The number of esters is 1. The Balaban J connectivity index is 2.46. The number of rotatable bonds is 4. The average molecular weight is 272 g/mol. The van der Waals surface area contributed by atoms with Crippen LogP contribution in [0.4, 0.5) is 0 Å². The first kappa shape index (κ1) is 14.5. The van der Waals surface area contributed by atoms with Gasteiger partial charge in [0, 0.05) is 5.39 Å². The van der Waals surface area contributed by atoms with E-state index in [4.69, 9.17) is 4.74 Å². The first-order valence-corrected chi connectivity index (χ1v) is 6.96. The lowest BCUT2D eigenvalue weighted by Gasteiger charge is -2.14. The second-order valence-electron chi connectivity index (χ2n) is 5.10. The van der Waals surface area contributed by atoms with Crippen molar-refractivity contribution in [3.05, 3.63) is 42.0 Å². The lowest BCUT2D eigenvalue weighted by Crippen LogP contribution is -2.17. The van der Waals surface area contributed by atoms with Crippen molar-refractivity contribution in [1.29, 1.82) is 0 Å². The van der Waals surface area contributed by atoms with Crippen LogP contribution in [0.1, 0.15) is 38.9 Å². The van der Waals surface area contributed by atoms with E-state index in [2.05, 4.69) is 0 Å². The summed E-state index contributed by atoms with van der Waals surface area (Å²) < 4.78 is 5.49. The molecule has 0 aliphatic heterocycles. The normalized spacial score (nSPS) is 14.0. The molecule has 2 aromatic carbocycles. The van der Waals surface area contributed by atoms with Crippen molar-refractivity contribution in [3.8, 4) is 5.75 Å². The molecule has 3 nitrogen and oxygen atoms in total. The maximum Gasteiger partial charge on any atom is 0.314 e. The summed E-state index contributed by atoms with van der Waals surface area (Å²) in [6.45, 7) is 5.54. The van der Waals surface area contributed by atoms with Crippen molar-refractivity contribution in [2.24, 2.45) is 5.92 Å². The highest BCUT2D eigenvalue weighted by Gasteiger charge is 2.16. The van der Waals surface area contributed by atoms with Crippen LogP contribution in [-0.4, -0.2) is 11.1 Å². The smallest absolute Gasteiger partial charge is 0.314 e. The van der Waals surface area contributed by atoms with Gasteiger partial charge in [0.15, 0.2) is 0 Å². The molecule has 2 atom stereocenters. The molecule has 0 radical (unpaired) electrons. The van der Waals surface area contributed by atoms with Crippen LogP contribution in [-0.2, 0) is 4.79 Å². The number of aliphatic hydroxyl groups is 1. The zero-order valence-corrected chi connectivity index (χ0v) is 12.1. The summed E-state index contributed by atoms with van der Waals surface area (Å²) in [4.78, 5) is 11.9. The van der Waals surface area contributed by atoms with Gasteiger partial charge < -0.3 is 9.84 Å². The highest BCUT2D eigenvalue weighted by atomic mass is 16.5. The maximum absolute atomic E-state index is 11.9. The standard InChI is InChI=1S/C17H20O3/c1-4-11(2)17(19)20-16-10-9-13(12(3)18)14-7-5-6-8-15(14)16/h5-12,18H,4H2,1-3H3. The van der Waals surface area contributed by atoms with E-state index in [9.17, 15) is 9.90 Å². The first-order chi connectivity index (χ1) is 9.54. The van der Waals surface area contributed by atoms with Gasteiger partial charge in [-0.1, -0.05) is 44.2 Å². The van der Waals surface area contributed by atoms with Crippen molar-refractivity contribution in [2.75, 3.05) is 0 Å². The molecule has 0 aliphatic rings. The van der Waals surface area contributed by atoms with Gasteiger partial charge in [-0.15, -0.1) is 0 Å². The third-order valence-corrected chi connectivity index (χ3v) is 3.59. The molecule has 0 saturated carbocycles. The molecule has 0 fully saturated rings. The molecule has 1 N–H and O–H groups in total. The second kappa shape index (κ2) is 6.06. The Morgan fingerprint density at radius 3 is 2.40 bits per heavy atom. The zero-order valence-electron chi connectivity index (χ0n) is 12.1. The van der Waals surface area contributed by atoms with Gasteiger partial charge in [0.2, 0.25) is 0 Å². The molecule has 0 aliphatic carbocycles. The largest absolute Gasteiger partial charge is 0.426 e. The van der Waals surface area contributed by atoms with E-state index in [0.717, 1.165) is 22.8 Å². The molecular formula is C17H20O3. The van der Waals surface area contributed by atoms with E-state index in [1.807, 2.05) is 44.2 Å². The van der Waals surface area contributed by atoms with Gasteiger partial charge in [0.25, 0.3) is 0 Å². The second-order valence-corrected chi connectivity index (χ2v) is 5.10. The number of hydrogen-bond acceptors (Lipinski definition) is 3. The van der Waals surface area contributed by atoms with Gasteiger partial charge in [-0.05, 0) is 30.4 Å². The summed E-state index contributed by atoms with van der Waals surface area (Å²) in [5.41, 5.74) is 0.837. The van der Waals surface area contributed by atoms with Crippen molar-refractivity contribution < 1.29 is 14.6 Å². The molecule has 2 unspecified atom stereocenters. The minimum Gasteiger partial charge on any atom is -0.426 e. The van der Waals surface area contributed by atoms with E-state index in [-0.39, 0.29) is 11.9 Å². The van der Waals surface area contributed by atoms with Crippen LogP contribution in [0.2, 0.25) is 0 Å². The molecular weight excluding hydrogens is 252 g/mol. The third-order valence-electron chi connectivity index (χ3n) is 3.59. The zero-order chi connectivity index (χ0) is 14.7. The molecule has 2 aromatic rings. The fraction of sp³-hybridized carbons (Fsp3) is 0.353. The number of fused-ring (bicyclic) bond motifs is 1. The Hall–Kier alpha value is -1.87. The lowest BCUT2D eigenvalue weighted by atomic mass is 10.0. The van der Waals surface area contributed by atoms with Gasteiger partial charge in [-0.25, -0.2) is 0 Å². The SMILES string of the molecule is CCC(C)C(=O)Oc1ccc(C(C)O)c2ccccc12. The lowest BCUT2D eigenvalue weighted by molar-refractivity contribution is -0.138. The van der Waals surface area contributed by atoms with Gasteiger partial charge in [-0.2, -0.15) is 0 Å². The Labute approximate surface area is 119 Å². The van der Waals surface area contributed by atoms with E-state index >= 15 is 0 Å². The van der Waals surface area contributed by atoms with Crippen LogP contribution < -0.4 is 4.74 Å². The van der Waals surface area contributed by atoms with Crippen LogP contribution in [0.15, 0.2) is 36.4 Å². The van der Waals surface area contributed by atoms with Crippen molar-refractivity contribution in [1.82, 2.24) is 0 Å². The summed E-state index contributed by atoms with van der Waals surface area (Å²) in [6, 6.07) is 11.2. The Morgan fingerprint density at radius 2 is 1.80 bits per heavy atom. The van der Waals surface area contributed by atoms with Gasteiger partial charge in [0.1, 0.15) is 5.75 Å². The predicted molar refractivity (Wildman–Crippen MR) is 79.7 cm³/mol. The van der Waals surface area contributed by atoms with Crippen molar-refractivity contribution in [3.63, 3.8) is 0 Å². The summed E-state index contributed by atoms with van der Waals surface area (Å²) in [6.07, 6.45) is 0.196. The average Bonchev–Trinajstić information content (AvgIpc) is 2.46. The molecule has 0 aromatic heterocycles. The molecule has 0 amide bonds. The number of benzene rings is 2. The highest BCUT2D eigenvalue weighted by Crippen LogP contribution is 2.32. The minimum absolute atomic E-state index is 0.120. The van der Waals surface area contributed by atoms with E-state index in [1.165, 1.54) is 0 Å². The molecule has 0 saturated heterocycles. The number of hydrogen-bond donors (Lipinski definition) is 1. The number of ether oxygens (including phenoxy) is 1. The molecule has 2 rings (SSSR count). The van der Waals surface area contributed by atoms with E-state index in [1.54, 1.807) is 13.0 Å². The molecule has 0 bridgehead atoms. The molecule has 0 spiro atoms. The van der Waals surface area contributed by atoms with E-state index < -0.39 is 6.10 Å². The van der Waals surface area contributed by atoms with Crippen LogP contribution >= 0.6 is 0 Å². The quantitative estimate of drug-likeness (QED) is 0.679. The highest BCUT2D eigenvalue weighted by molar-refractivity contribution is 5.93. The summed E-state index contributed by atoms with van der Waals surface area (Å²) >= 11 is 0. The van der Waals surface area contributed by atoms with Crippen molar-refractivity contribution in [2.45, 2.75) is 33.3 Å². The predicted octanol–water partition coefficient (Wildman–Crippen LogP) is 3.84. The number of carbonyl (C=O) groups excluding carboxylic acids is 1. The monoisotopic (exact) mass is 272 g/mol. The molecule has 106 valence electrons. The summed E-state index contributed by atoms with van der Waals surface area (Å²) in [7, 11) is 0. The maximum atomic E-state index is 11.9. The summed E-state index contributed by atoms with van der Waals surface area (Å²) in [5, 5.41) is 11.6. The molecule has 3 heteroatoms. The van der Waals surface area contributed by atoms with E-state index in [0.29, 0.717) is 5.75 Å². The number of carbonyl (C=O) groups is 1. The van der Waals surface area contributed by atoms with Crippen LogP contribution in [0.5, 0.6) is 5.75 Å². The molecule has 0 heterocycles. The topological polar surface area (TPSA) is 46.5 Å². The number of aliphatic hydroxyl groups excluding tert-OH is 1. The van der Waals surface area contributed by atoms with Gasteiger partial charge in [0.05, 0.1) is 12.0 Å². The third kappa shape index (κ3) is 2.83. The Kier molecular flexibility index (Phi) is 4.40. The van der Waals surface area contributed by atoms with Gasteiger partial charge in [-0.3, -0.25) is 4.79 Å². The van der Waals surface area contributed by atoms with Gasteiger partial charge >= 0.3 is 5.97 Å². The van der Waals surface area contributed by atoms with Crippen LogP contribution in [0.25, 0.3) is 10.8 Å². The Bertz CT molecular complexity index is 617. The van der Waals surface area contributed by atoms with Crippen molar-refractivity contribution >= 4 is 16.7 Å². The van der Waals surface area contributed by atoms with Crippen LogP contribution in [0, 0.1) is 5.92 Å². The fourth-order valence-corrected chi connectivity index (χ4v) is 2.12.